The molecule has 3 aromatic rings. The number of anilines is 1. The Hall–Kier alpha value is -3.34. The number of hydrogen-bond donors (Lipinski definition) is 3. The molecule has 0 fully saturated rings. The van der Waals surface area contributed by atoms with E-state index in [0.29, 0.717) is 22.9 Å². The van der Waals surface area contributed by atoms with E-state index < -0.39 is 12.0 Å². The number of nitrogens with one attached hydrogen (secondary N) is 1. The fourth-order valence-electron chi connectivity index (χ4n) is 3.58. The lowest BCUT2D eigenvalue weighted by Gasteiger charge is -2.15. The standard InChI is InChI=1S/C24H27N3O6S.ClH/c1-13-9-15(11-20(32-3)23(13)33-4)22-16(12-34-27-22)14-5-7-19(31-2)18(10-14)26-24(30)17(25)6-8-21(28)29;/h5,7,9-12,17H,6,8,25H2,1-4H3,(H,26,30)(H,28,29);1H/t17-;/m0./s1. The van der Waals surface area contributed by atoms with Crippen molar-refractivity contribution in [3.05, 3.63) is 41.3 Å². The van der Waals surface area contributed by atoms with Gasteiger partial charge in [0.2, 0.25) is 0 Å². The maximum Gasteiger partial charge on any atom is 0.303 e. The first kappa shape index (κ1) is 27.9. The van der Waals surface area contributed by atoms with Crippen molar-refractivity contribution in [2.75, 3.05) is 26.6 Å². The molecule has 0 saturated carbocycles. The van der Waals surface area contributed by atoms with Crippen LogP contribution in [0, 0.1) is 6.92 Å². The topological polar surface area (TPSA) is 135 Å². The van der Waals surface area contributed by atoms with Crippen LogP contribution in [0.3, 0.4) is 0 Å². The molecule has 0 unspecified atom stereocenters. The highest BCUT2D eigenvalue weighted by Gasteiger charge is 2.21. The van der Waals surface area contributed by atoms with Crippen molar-refractivity contribution in [2.24, 2.45) is 0 Å². The molecule has 0 saturated heterocycles. The van der Waals surface area contributed by atoms with Gasteiger partial charge in [0.25, 0.3) is 5.91 Å². The summed E-state index contributed by atoms with van der Waals surface area (Å²) in [5.74, 6) is 0.416. The lowest BCUT2D eigenvalue weighted by atomic mass is 9.99. The number of ether oxygens (including phenoxy) is 3. The smallest absolute Gasteiger partial charge is 0.303 e. The van der Waals surface area contributed by atoms with Crippen molar-refractivity contribution in [1.29, 1.82) is 0 Å². The molecule has 1 amide bonds. The summed E-state index contributed by atoms with van der Waals surface area (Å²) in [4.78, 5) is 23.4. The largest absolute Gasteiger partial charge is 1.00 e. The van der Waals surface area contributed by atoms with E-state index in [0.717, 1.165) is 27.9 Å². The zero-order chi connectivity index (χ0) is 24.8. The average molecular weight is 522 g/mol. The van der Waals surface area contributed by atoms with Gasteiger partial charge in [-0.2, -0.15) is 4.37 Å². The van der Waals surface area contributed by atoms with Gasteiger partial charge in [0.15, 0.2) is 17.5 Å². The van der Waals surface area contributed by atoms with E-state index >= 15 is 0 Å². The van der Waals surface area contributed by atoms with Gasteiger partial charge < -0.3 is 42.8 Å². The Kier molecular flexibility index (Phi) is 9.88. The third kappa shape index (κ3) is 6.41. The van der Waals surface area contributed by atoms with Gasteiger partial charge in [-0.1, -0.05) is 6.07 Å². The molecule has 9 nitrogen and oxygen atoms in total. The second-order valence-corrected chi connectivity index (χ2v) is 8.27. The number of benzene rings is 2. The van der Waals surface area contributed by atoms with E-state index in [2.05, 4.69) is 15.4 Å². The molecule has 0 bridgehead atoms. The van der Waals surface area contributed by atoms with Crippen molar-refractivity contribution in [2.45, 2.75) is 25.8 Å². The number of carboxylic acids is 1. The molecule has 5 N–H and O–H groups in total. The Morgan fingerprint density at radius 2 is 1.80 bits per heavy atom. The molecular formula is C24H28ClN3O6S. The predicted molar refractivity (Wildman–Crippen MR) is 130 cm³/mol. The van der Waals surface area contributed by atoms with Crippen LogP contribution in [0.5, 0.6) is 17.2 Å². The number of nitrogens with zero attached hydrogens (tertiary/aromatic N) is 1. The van der Waals surface area contributed by atoms with Crippen molar-refractivity contribution in [3.63, 3.8) is 0 Å². The summed E-state index contributed by atoms with van der Waals surface area (Å²) in [7, 11) is 4.71. The summed E-state index contributed by atoms with van der Waals surface area (Å²) in [5, 5.41) is 13.6. The van der Waals surface area contributed by atoms with Gasteiger partial charge in [0, 0.05) is 22.9 Å². The Morgan fingerprint density at radius 3 is 2.43 bits per heavy atom. The van der Waals surface area contributed by atoms with Crippen molar-refractivity contribution in [1.82, 2.24) is 4.37 Å². The number of hydrogen-bond acceptors (Lipinski definition) is 7. The van der Waals surface area contributed by atoms with Crippen LogP contribution in [-0.2, 0) is 9.59 Å². The van der Waals surface area contributed by atoms with Crippen LogP contribution >= 0.6 is 11.5 Å². The quantitative estimate of drug-likeness (QED) is 0.347. The van der Waals surface area contributed by atoms with Gasteiger partial charge >= 0.3 is 5.97 Å². The maximum atomic E-state index is 12.6. The second-order valence-electron chi connectivity index (χ2n) is 7.64. The minimum Gasteiger partial charge on any atom is -1.00 e. The van der Waals surface area contributed by atoms with Crippen LogP contribution in [0.25, 0.3) is 22.4 Å². The van der Waals surface area contributed by atoms with E-state index in [1.54, 1.807) is 20.3 Å². The molecule has 0 radical (unpaired) electrons. The Bertz CT molecular complexity index is 1200. The van der Waals surface area contributed by atoms with Gasteiger partial charge in [-0.25, -0.2) is 0 Å². The van der Waals surface area contributed by atoms with Crippen LogP contribution in [0.15, 0.2) is 35.7 Å². The lowest BCUT2D eigenvalue weighted by Crippen LogP contribution is -3.00. The SMILES string of the molecule is COc1ccc(-c2csnc2-c2cc(C)c(OC)c(OC)c2)cc1NC(=O)[C@@H]([NH3+])CCC(=O)O.[Cl-]. The molecule has 0 aliphatic heterocycles. The van der Waals surface area contributed by atoms with Gasteiger partial charge in [-0.15, -0.1) is 0 Å². The molecule has 1 heterocycles. The van der Waals surface area contributed by atoms with Crippen LogP contribution in [-0.4, -0.2) is 48.7 Å². The van der Waals surface area contributed by atoms with Gasteiger partial charge in [0.05, 0.1) is 39.1 Å². The molecule has 0 aliphatic carbocycles. The first-order valence-corrected chi connectivity index (χ1v) is 11.3. The minimum atomic E-state index is -0.969. The number of aromatic nitrogens is 1. The molecule has 0 spiro atoms. The number of carbonyl (C=O) groups is 2. The average Bonchev–Trinajstić information content (AvgIpc) is 3.31. The molecule has 3 rings (SSSR count). The number of aryl methyl sites for hydroxylation is 1. The Labute approximate surface area is 213 Å². The van der Waals surface area contributed by atoms with E-state index in [-0.39, 0.29) is 31.2 Å². The molecular weight excluding hydrogens is 494 g/mol. The zero-order valence-electron chi connectivity index (χ0n) is 19.9. The van der Waals surface area contributed by atoms with Crippen molar-refractivity contribution >= 4 is 29.1 Å². The lowest BCUT2D eigenvalue weighted by molar-refractivity contribution is -0.403. The first-order chi connectivity index (χ1) is 16.3. The molecule has 1 aromatic heterocycles. The fraction of sp³-hybridized carbons (Fsp3) is 0.292. The Balaban J connectivity index is 0.00000432. The maximum absolute atomic E-state index is 12.6. The van der Waals surface area contributed by atoms with Crippen LogP contribution in [0.4, 0.5) is 5.69 Å². The monoisotopic (exact) mass is 521 g/mol. The first-order valence-electron chi connectivity index (χ1n) is 10.5. The van der Waals surface area contributed by atoms with E-state index in [9.17, 15) is 9.59 Å². The molecule has 1 atom stereocenters. The minimum absolute atomic E-state index is 0. The van der Waals surface area contributed by atoms with E-state index in [1.807, 2.05) is 36.6 Å². The number of amides is 1. The van der Waals surface area contributed by atoms with Crippen molar-refractivity contribution < 1.29 is 47.0 Å². The summed E-state index contributed by atoms with van der Waals surface area (Å²) in [6, 6.07) is 8.62. The van der Waals surface area contributed by atoms with Gasteiger partial charge in [-0.3, -0.25) is 9.59 Å². The number of rotatable bonds is 10. The summed E-state index contributed by atoms with van der Waals surface area (Å²) >= 11 is 1.32. The van der Waals surface area contributed by atoms with Crippen LogP contribution in [0.1, 0.15) is 18.4 Å². The third-order valence-electron chi connectivity index (χ3n) is 5.35. The normalized spacial score (nSPS) is 11.2. The van der Waals surface area contributed by atoms with Crippen LogP contribution < -0.4 is 37.7 Å². The summed E-state index contributed by atoms with van der Waals surface area (Å²) in [6.07, 6.45) is 0.00780. The summed E-state index contributed by atoms with van der Waals surface area (Å²) in [6.45, 7) is 1.94. The van der Waals surface area contributed by atoms with Crippen LogP contribution in [0.2, 0.25) is 0 Å². The number of halogens is 1. The number of aliphatic carboxylic acids is 1. The highest BCUT2D eigenvalue weighted by Crippen LogP contribution is 2.41. The van der Waals surface area contributed by atoms with Gasteiger partial charge in [-0.05, 0) is 53.8 Å². The predicted octanol–water partition coefficient (Wildman–Crippen LogP) is 0.229. The number of methoxy groups -OCH3 is 3. The number of carboxylic acid groups (broad SMARTS) is 1. The highest BCUT2D eigenvalue weighted by molar-refractivity contribution is 7.04. The van der Waals surface area contributed by atoms with Gasteiger partial charge in [0.1, 0.15) is 5.75 Å². The summed E-state index contributed by atoms with van der Waals surface area (Å²) in [5.41, 5.74) is 8.52. The summed E-state index contributed by atoms with van der Waals surface area (Å²) < 4.78 is 21.0. The molecule has 0 aliphatic rings. The second kappa shape index (κ2) is 12.4. The number of carbonyl (C=O) groups excluding carboxylic acids is 1. The van der Waals surface area contributed by atoms with E-state index in [4.69, 9.17) is 19.3 Å². The third-order valence-corrected chi connectivity index (χ3v) is 5.98. The number of quaternary nitrogens is 1. The molecule has 11 heteroatoms. The highest BCUT2D eigenvalue weighted by atomic mass is 35.5. The van der Waals surface area contributed by atoms with Crippen molar-refractivity contribution in [3.8, 4) is 39.6 Å². The molecule has 2 aromatic carbocycles. The fourth-order valence-corrected chi connectivity index (χ4v) is 4.29. The Morgan fingerprint density at radius 1 is 1.09 bits per heavy atom. The van der Waals surface area contributed by atoms with E-state index in [1.165, 1.54) is 18.6 Å². The molecule has 35 heavy (non-hydrogen) atoms. The molecule has 188 valence electrons. The zero-order valence-corrected chi connectivity index (χ0v) is 21.5.